The molecule has 7 heteroatoms. The Hall–Kier alpha value is -2.05. The molecule has 1 fully saturated rings. The van der Waals surface area contributed by atoms with Crippen molar-refractivity contribution in [3.8, 4) is 0 Å². The van der Waals surface area contributed by atoms with E-state index in [4.69, 9.17) is 0 Å². The van der Waals surface area contributed by atoms with E-state index in [1.165, 1.54) is 0 Å². The van der Waals surface area contributed by atoms with Crippen LogP contribution in [-0.4, -0.2) is 24.4 Å². The van der Waals surface area contributed by atoms with Gasteiger partial charge in [0, 0.05) is 11.6 Å². The average molecular weight is 272 g/mol. The van der Waals surface area contributed by atoms with Gasteiger partial charge in [-0.2, -0.15) is 0 Å². The molecule has 2 rings (SSSR count). The van der Waals surface area contributed by atoms with E-state index < -0.39 is 23.4 Å². The van der Waals surface area contributed by atoms with E-state index in [0.29, 0.717) is 12.1 Å². The molecule has 19 heavy (non-hydrogen) atoms. The number of amides is 2. The van der Waals surface area contributed by atoms with E-state index in [1.54, 1.807) is 0 Å². The summed E-state index contributed by atoms with van der Waals surface area (Å²) < 4.78 is 38.5. The first-order chi connectivity index (χ1) is 8.97. The van der Waals surface area contributed by atoms with Gasteiger partial charge in [-0.1, -0.05) is 0 Å². The predicted octanol–water partition coefficient (Wildman–Crippen LogP) is 1.11. The zero-order valence-corrected chi connectivity index (χ0v) is 9.80. The summed E-state index contributed by atoms with van der Waals surface area (Å²) >= 11 is 0. The van der Waals surface area contributed by atoms with Gasteiger partial charge in [-0.05, 0) is 25.0 Å². The lowest BCUT2D eigenvalue weighted by Crippen LogP contribution is -2.37. The first-order valence-electron chi connectivity index (χ1n) is 5.69. The molecule has 102 valence electrons. The van der Waals surface area contributed by atoms with Gasteiger partial charge in [0.05, 0.1) is 6.54 Å². The summed E-state index contributed by atoms with van der Waals surface area (Å²) in [4.78, 5) is 22.8. The number of carbonyl (C=O) groups is 2. The number of hydrogen-bond acceptors (Lipinski definition) is 2. The van der Waals surface area contributed by atoms with E-state index in [0.717, 1.165) is 12.8 Å². The fraction of sp³-hybridized carbons (Fsp3) is 0.333. The largest absolute Gasteiger partial charge is 0.352 e. The van der Waals surface area contributed by atoms with Crippen LogP contribution >= 0.6 is 0 Å². The van der Waals surface area contributed by atoms with E-state index in [9.17, 15) is 22.8 Å². The van der Waals surface area contributed by atoms with Gasteiger partial charge in [0.2, 0.25) is 5.91 Å². The van der Waals surface area contributed by atoms with Gasteiger partial charge in [-0.25, -0.2) is 13.2 Å². The molecule has 1 aliphatic rings. The topological polar surface area (TPSA) is 58.2 Å². The molecule has 0 atom stereocenters. The molecule has 1 aliphatic carbocycles. The summed E-state index contributed by atoms with van der Waals surface area (Å²) in [6, 6.07) is 1.31. The van der Waals surface area contributed by atoms with Crippen LogP contribution in [0.5, 0.6) is 0 Å². The Kier molecular flexibility index (Phi) is 3.73. The van der Waals surface area contributed by atoms with Gasteiger partial charge in [0.1, 0.15) is 0 Å². The van der Waals surface area contributed by atoms with E-state index in [-0.39, 0.29) is 24.1 Å². The van der Waals surface area contributed by atoms with Crippen LogP contribution in [0.2, 0.25) is 0 Å². The van der Waals surface area contributed by atoms with Crippen molar-refractivity contribution in [3.05, 3.63) is 35.1 Å². The van der Waals surface area contributed by atoms with E-state index in [2.05, 4.69) is 10.6 Å². The van der Waals surface area contributed by atoms with Gasteiger partial charge in [-0.15, -0.1) is 0 Å². The molecule has 0 unspecified atom stereocenters. The molecular formula is C12H11F3N2O2. The lowest BCUT2D eigenvalue weighted by molar-refractivity contribution is -0.120. The molecule has 1 saturated carbocycles. The Morgan fingerprint density at radius 1 is 1.16 bits per heavy atom. The number of rotatable bonds is 4. The Bertz CT molecular complexity index is 507. The normalized spacial score (nSPS) is 14.1. The van der Waals surface area contributed by atoms with E-state index >= 15 is 0 Å². The maximum atomic E-state index is 12.9. The lowest BCUT2D eigenvalue weighted by Gasteiger charge is -2.06. The average Bonchev–Trinajstić information content (AvgIpc) is 3.16. The first kappa shape index (κ1) is 13.4. The van der Waals surface area contributed by atoms with Crippen molar-refractivity contribution < 1.29 is 22.8 Å². The molecule has 1 aromatic carbocycles. The predicted molar refractivity (Wildman–Crippen MR) is 59.8 cm³/mol. The second-order valence-electron chi connectivity index (χ2n) is 4.28. The Morgan fingerprint density at radius 3 is 2.26 bits per heavy atom. The maximum Gasteiger partial charge on any atom is 0.251 e. The smallest absolute Gasteiger partial charge is 0.251 e. The van der Waals surface area contributed by atoms with Crippen LogP contribution in [0.15, 0.2) is 12.1 Å². The van der Waals surface area contributed by atoms with Crippen molar-refractivity contribution in [3.63, 3.8) is 0 Å². The second kappa shape index (κ2) is 5.29. The van der Waals surface area contributed by atoms with Crippen molar-refractivity contribution in [2.45, 2.75) is 18.9 Å². The Balaban J connectivity index is 1.93. The zero-order chi connectivity index (χ0) is 14.0. The van der Waals surface area contributed by atoms with Crippen LogP contribution < -0.4 is 10.6 Å². The highest BCUT2D eigenvalue weighted by Gasteiger charge is 2.23. The fourth-order valence-electron chi connectivity index (χ4n) is 1.46. The Labute approximate surface area is 107 Å². The molecule has 0 heterocycles. The van der Waals surface area contributed by atoms with Crippen molar-refractivity contribution >= 4 is 11.8 Å². The van der Waals surface area contributed by atoms with Gasteiger partial charge in [-0.3, -0.25) is 9.59 Å². The molecule has 1 aromatic rings. The summed E-state index contributed by atoms with van der Waals surface area (Å²) in [6.07, 6.45) is 1.82. The number of nitrogens with one attached hydrogen (secondary N) is 2. The number of benzene rings is 1. The molecule has 0 radical (unpaired) electrons. The molecular weight excluding hydrogens is 261 g/mol. The van der Waals surface area contributed by atoms with Gasteiger partial charge >= 0.3 is 0 Å². The molecule has 2 amide bonds. The highest BCUT2D eigenvalue weighted by Crippen LogP contribution is 2.18. The van der Waals surface area contributed by atoms with E-state index in [1.807, 2.05) is 0 Å². The highest BCUT2D eigenvalue weighted by atomic mass is 19.2. The van der Waals surface area contributed by atoms with Gasteiger partial charge in [0.15, 0.2) is 17.5 Å². The molecule has 0 spiro atoms. The number of carbonyl (C=O) groups excluding carboxylic acids is 2. The fourth-order valence-corrected chi connectivity index (χ4v) is 1.46. The third-order valence-electron chi connectivity index (χ3n) is 2.60. The van der Waals surface area contributed by atoms with Crippen LogP contribution in [0.1, 0.15) is 23.2 Å². The number of halogens is 3. The molecule has 0 aromatic heterocycles. The van der Waals surface area contributed by atoms with Crippen molar-refractivity contribution in [2.75, 3.05) is 6.54 Å². The SMILES string of the molecule is O=C(CNC(=O)c1cc(F)c(F)c(F)c1)NC1CC1. The van der Waals surface area contributed by atoms with Gasteiger partial charge in [0.25, 0.3) is 5.91 Å². The summed E-state index contributed by atoms with van der Waals surface area (Å²) in [6.45, 7) is -0.296. The Morgan fingerprint density at radius 2 is 1.74 bits per heavy atom. The molecule has 0 aliphatic heterocycles. The summed E-state index contributed by atoms with van der Waals surface area (Å²) in [5.74, 6) is -5.76. The van der Waals surface area contributed by atoms with Crippen LogP contribution in [0.4, 0.5) is 13.2 Å². The second-order valence-corrected chi connectivity index (χ2v) is 4.28. The lowest BCUT2D eigenvalue weighted by atomic mass is 10.2. The van der Waals surface area contributed by atoms with Crippen LogP contribution in [0.3, 0.4) is 0 Å². The number of hydrogen-bond donors (Lipinski definition) is 2. The third-order valence-corrected chi connectivity index (χ3v) is 2.60. The standard InChI is InChI=1S/C12H11F3N2O2/c13-8-3-6(4-9(14)11(8)15)12(19)16-5-10(18)17-7-1-2-7/h3-4,7H,1-2,5H2,(H,16,19)(H,17,18). The monoisotopic (exact) mass is 272 g/mol. The minimum atomic E-state index is -1.64. The van der Waals surface area contributed by atoms with Gasteiger partial charge < -0.3 is 10.6 Å². The first-order valence-corrected chi connectivity index (χ1v) is 5.69. The van der Waals surface area contributed by atoms with Crippen LogP contribution in [-0.2, 0) is 4.79 Å². The molecule has 0 saturated heterocycles. The summed E-state index contributed by atoms with van der Waals surface area (Å²) in [5.41, 5.74) is -0.379. The van der Waals surface area contributed by atoms with Crippen LogP contribution in [0.25, 0.3) is 0 Å². The maximum absolute atomic E-state index is 12.9. The summed E-state index contributed by atoms with van der Waals surface area (Å²) in [7, 11) is 0. The third kappa shape index (κ3) is 3.46. The minimum Gasteiger partial charge on any atom is -0.352 e. The quantitative estimate of drug-likeness (QED) is 0.807. The summed E-state index contributed by atoms with van der Waals surface area (Å²) in [5, 5.41) is 4.83. The molecule has 4 nitrogen and oxygen atoms in total. The minimum absolute atomic E-state index is 0.158. The van der Waals surface area contributed by atoms with Crippen molar-refractivity contribution in [1.82, 2.24) is 10.6 Å². The highest BCUT2D eigenvalue weighted by molar-refractivity contribution is 5.96. The van der Waals surface area contributed by atoms with Crippen molar-refractivity contribution in [2.24, 2.45) is 0 Å². The molecule has 2 N–H and O–H groups in total. The molecule has 0 bridgehead atoms. The van der Waals surface area contributed by atoms with Crippen molar-refractivity contribution in [1.29, 1.82) is 0 Å². The zero-order valence-electron chi connectivity index (χ0n) is 9.80. The van der Waals surface area contributed by atoms with Crippen LogP contribution in [0, 0.1) is 17.5 Å².